The zero-order valence-corrected chi connectivity index (χ0v) is 14.7. The fourth-order valence-electron chi connectivity index (χ4n) is 1.87. The second-order valence-electron chi connectivity index (χ2n) is 5.19. The van der Waals surface area contributed by atoms with Gasteiger partial charge in [-0.2, -0.15) is 0 Å². The maximum Gasteiger partial charge on any atom is 0.139 e. The normalized spacial score (nSPS) is 11.1. The first-order valence-corrected chi connectivity index (χ1v) is 8.42. The molecule has 0 spiro atoms. The van der Waals surface area contributed by atoms with Crippen LogP contribution in [0.4, 0.5) is 0 Å². The van der Waals surface area contributed by atoms with Gasteiger partial charge in [0.2, 0.25) is 0 Å². The maximum atomic E-state index is 6.10. The van der Waals surface area contributed by atoms with Crippen LogP contribution in [0.5, 0.6) is 5.75 Å². The second kappa shape index (κ2) is 7.50. The fraction of sp³-hybridized carbons (Fsp3) is 0.375. The minimum Gasteiger partial charge on any atom is -0.487 e. The van der Waals surface area contributed by atoms with Gasteiger partial charge in [-0.15, -0.1) is 11.3 Å². The van der Waals surface area contributed by atoms with Gasteiger partial charge < -0.3 is 10.1 Å². The van der Waals surface area contributed by atoms with Gasteiger partial charge >= 0.3 is 0 Å². The van der Waals surface area contributed by atoms with Crippen molar-refractivity contribution in [2.75, 3.05) is 0 Å². The average molecular weight is 344 g/mol. The van der Waals surface area contributed by atoms with E-state index in [-0.39, 0.29) is 0 Å². The first-order chi connectivity index (χ1) is 9.95. The third-order valence-corrected chi connectivity index (χ3v) is 4.67. The third-order valence-electron chi connectivity index (χ3n) is 3.03. The molecule has 0 bridgehead atoms. The minimum atomic E-state index is 0.484. The molecule has 0 fully saturated rings. The lowest BCUT2D eigenvalue weighted by atomic mass is 10.2. The molecule has 2 rings (SSSR count). The molecule has 0 unspecified atom stereocenters. The van der Waals surface area contributed by atoms with Crippen molar-refractivity contribution >= 4 is 34.5 Å². The summed E-state index contributed by atoms with van der Waals surface area (Å²) in [5, 5.41) is 4.62. The van der Waals surface area contributed by atoms with Crippen LogP contribution in [0.2, 0.25) is 10.0 Å². The molecule has 0 aliphatic heterocycles. The van der Waals surface area contributed by atoms with E-state index < -0.39 is 0 Å². The van der Waals surface area contributed by atoms with Gasteiger partial charge in [-0.1, -0.05) is 37.0 Å². The summed E-state index contributed by atoms with van der Waals surface area (Å²) in [6.45, 7) is 7.80. The molecule has 2 nitrogen and oxygen atoms in total. The lowest BCUT2D eigenvalue weighted by Crippen LogP contribution is -2.21. The molecular formula is C16H19Cl2NOS. The van der Waals surface area contributed by atoms with Crippen molar-refractivity contribution < 1.29 is 4.74 Å². The summed E-state index contributed by atoms with van der Waals surface area (Å²) in [7, 11) is 0. The summed E-state index contributed by atoms with van der Waals surface area (Å²) in [4.78, 5) is 2.59. The van der Waals surface area contributed by atoms with Crippen molar-refractivity contribution in [2.24, 2.45) is 0 Å². The quantitative estimate of drug-likeness (QED) is 0.753. The average Bonchev–Trinajstić information content (AvgIpc) is 2.78. The van der Waals surface area contributed by atoms with Gasteiger partial charge in [0, 0.05) is 39.0 Å². The molecule has 5 heteroatoms. The van der Waals surface area contributed by atoms with E-state index in [2.05, 4.69) is 32.2 Å². The van der Waals surface area contributed by atoms with Crippen LogP contribution < -0.4 is 10.1 Å². The number of nitrogens with one attached hydrogen (secondary N) is 1. The maximum absolute atomic E-state index is 6.10. The first kappa shape index (κ1) is 16.6. The van der Waals surface area contributed by atoms with Gasteiger partial charge in [-0.3, -0.25) is 0 Å². The zero-order chi connectivity index (χ0) is 15.4. The summed E-state index contributed by atoms with van der Waals surface area (Å²) in [5.41, 5.74) is 1.19. The van der Waals surface area contributed by atoms with Crippen molar-refractivity contribution in [3.8, 4) is 5.75 Å². The Morgan fingerprint density at radius 1 is 1.24 bits per heavy atom. The first-order valence-electron chi connectivity index (χ1n) is 6.85. The second-order valence-corrected chi connectivity index (χ2v) is 7.38. The Bertz CT molecular complexity index is 610. The van der Waals surface area contributed by atoms with Gasteiger partial charge in [0.1, 0.15) is 12.4 Å². The highest BCUT2D eigenvalue weighted by Crippen LogP contribution is 2.29. The van der Waals surface area contributed by atoms with Crippen LogP contribution in [-0.2, 0) is 13.2 Å². The Balaban J connectivity index is 2.01. The summed E-state index contributed by atoms with van der Waals surface area (Å²) < 4.78 is 5.79. The number of thiophene rings is 1. The Hall–Kier alpha value is -0.740. The summed E-state index contributed by atoms with van der Waals surface area (Å²) >= 11 is 13.9. The highest BCUT2D eigenvalue weighted by Gasteiger charge is 2.08. The molecule has 1 aromatic heterocycles. The molecule has 0 aliphatic rings. The van der Waals surface area contributed by atoms with Crippen molar-refractivity contribution in [1.29, 1.82) is 0 Å². The van der Waals surface area contributed by atoms with Crippen LogP contribution >= 0.6 is 34.5 Å². The monoisotopic (exact) mass is 343 g/mol. The lowest BCUT2D eigenvalue weighted by molar-refractivity contribution is 0.306. The lowest BCUT2D eigenvalue weighted by Gasteiger charge is -2.08. The SMILES string of the molecule is Cc1sc(CNC(C)C)cc1COc1cc(Cl)ccc1Cl. The summed E-state index contributed by atoms with van der Waals surface area (Å²) in [6, 6.07) is 7.91. The Kier molecular flexibility index (Phi) is 5.94. The molecule has 1 heterocycles. The number of hydrogen-bond donors (Lipinski definition) is 1. The molecule has 21 heavy (non-hydrogen) atoms. The van der Waals surface area contributed by atoms with E-state index in [0.717, 1.165) is 6.54 Å². The van der Waals surface area contributed by atoms with Gasteiger partial charge in [0.25, 0.3) is 0 Å². The Morgan fingerprint density at radius 2 is 2.00 bits per heavy atom. The molecule has 0 radical (unpaired) electrons. The number of aryl methyl sites for hydroxylation is 1. The van der Waals surface area contributed by atoms with Gasteiger partial charge in [-0.25, -0.2) is 0 Å². The van der Waals surface area contributed by atoms with Crippen LogP contribution in [-0.4, -0.2) is 6.04 Å². The van der Waals surface area contributed by atoms with Gasteiger partial charge in [0.05, 0.1) is 5.02 Å². The van der Waals surface area contributed by atoms with Crippen LogP contribution in [0.1, 0.15) is 29.2 Å². The van der Waals surface area contributed by atoms with E-state index in [9.17, 15) is 0 Å². The zero-order valence-electron chi connectivity index (χ0n) is 12.4. The smallest absolute Gasteiger partial charge is 0.139 e. The van der Waals surface area contributed by atoms with Crippen molar-refractivity contribution in [3.05, 3.63) is 49.6 Å². The molecule has 114 valence electrons. The number of hydrogen-bond acceptors (Lipinski definition) is 3. The molecule has 0 aliphatic carbocycles. The van der Waals surface area contributed by atoms with E-state index in [1.807, 2.05) is 0 Å². The fourth-order valence-corrected chi connectivity index (χ4v) is 3.20. The molecule has 1 N–H and O–H groups in total. The van der Waals surface area contributed by atoms with Crippen LogP contribution in [0.3, 0.4) is 0 Å². The van der Waals surface area contributed by atoms with Gasteiger partial charge in [0.15, 0.2) is 0 Å². The van der Waals surface area contributed by atoms with E-state index in [1.165, 1.54) is 15.3 Å². The number of rotatable bonds is 6. The number of benzene rings is 1. The Labute approximate surface area is 140 Å². The highest BCUT2D eigenvalue weighted by atomic mass is 35.5. The summed E-state index contributed by atoms with van der Waals surface area (Å²) in [5.74, 6) is 0.622. The van der Waals surface area contributed by atoms with Crippen molar-refractivity contribution in [1.82, 2.24) is 5.32 Å². The topological polar surface area (TPSA) is 21.3 Å². The molecule has 0 saturated heterocycles. The molecule has 2 aromatic rings. The van der Waals surface area contributed by atoms with Crippen molar-refractivity contribution in [2.45, 2.75) is 40.0 Å². The molecule has 0 saturated carbocycles. The minimum absolute atomic E-state index is 0.484. The highest BCUT2D eigenvalue weighted by molar-refractivity contribution is 7.12. The predicted molar refractivity (Wildman–Crippen MR) is 91.8 cm³/mol. The van der Waals surface area contributed by atoms with Crippen molar-refractivity contribution in [3.63, 3.8) is 0 Å². The predicted octanol–water partition coefficient (Wildman–Crippen LogP) is 5.44. The summed E-state index contributed by atoms with van der Waals surface area (Å²) in [6.07, 6.45) is 0. The molecule has 0 amide bonds. The van der Waals surface area contributed by atoms with Crippen LogP contribution in [0, 0.1) is 6.92 Å². The Morgan fingerprint density at radius 3 is 2.71 bits per heavy atom. The molecular weight excluding hydrogens is 325 g/mol. The largest absolute Gasteiger partial charge is 0.487 e. The van der Waals surface area contributed by atoms with Crippen LogP contribution in [0.15, 0.2) is 24.3 Å². The van der Waals surface area contributed by atoms with E-state index in [4.69, 9.17) is 27.9 Å². The third kappa shape index (κ3) is 4.89. The van der Waals surface area contributed by atoms with E-state index >= 15 is 0 Å². The molecule has 0 atom stereocenters. The van der Waals surface area contributed by atoms with E-state index in [1.54, 1.807) is 29.5 Å². The number of ether oxygens (including phenoxy) is 1. The number of halogens is 2. The van der Waals surface area contributed by atoms with E-state index in [0.29, 0.717) is 28.4 Å². The standard InChI is InChI=1S/C16H19Cl2NOS/c1-10(2)19-8-14-6-12(11(3)21-14)9-20-16-7-13(17)4-5-15(16)18/h4-7,10,19H,8-9H2,1-3H3. The van der Waals surface area contributed by atoms with Crippen LogP contribution in [0.25, 0.3) is 0 Å². The molecule has 1 aromatic carbocycles. The van der Waals surface area contributed by atoms with Gasteiger partial charge in [-0.05, 0) is 25.1 Å².